The van der Waals surface area contributed by atoms with Crippen molar-refractivity contribution >= 4 is 11.6 Å². The van der Waals surface area contributed by atoms with E-state index in [0.29, 0.717) is 5.69 Å². The lowest BCUT2D eigenvalue weighted by atomic mass is 10.1. The van der Waals surface area contributed by atoms with Crippen molar-refractivity contribution in [3.63, 3.8) is 0 Å². The highest BCUT2D eigenvalue weighted by Crippen LogP contribution is 2.23. The van der Waals surface area contributed by atoms with Gasteiger partial charge in [0, 0.05) is 12.2 Å². The van der Waals surface area contributed by atoms with Gasteiger partial charge in [0.25, 0.3) is 5.91 Å². The third-order valence-corrected chi connectivity index (χ3v) is 3.02. The molecule has 0 fully saturated rings. The number of phenols is 2. The topological polar surface area (TPSA) is 81.6 Å². The summed E-state index contributed by atoms with van der Waals surface area (Å²) in [5.41, 5.74) is 1.78. The van der Waals surface area contributed by atoms with E-state index in [4.69, 9.17) is 0 Å². The van der Waals surface area contributed by atoms with E-state index in [9.17, 15) is 15.0 Å². The van der Waals surface area contributed by atoms with E-state index in [2.05, 4.69) is 10.6 Å². The predicted molar refractivity (Wildman–Crippen MR) is 81.5 cm³/mol. The zero-order chi connectivity index (χ0) is 15.2. The van der Waals surface area contributed by atoms with Crippen LogP contribution in [0.2, 0.25) is 0 Å². The van der Waals surface area contributed by atoms with Gasteiger partial charge in [-0.15, -0.1) is 0 Å². The molecule has 110 valence electrons. The molecule has 0 aromatic heterocycles. The predicted octanol–water partition coefficient (Wildman–Crippen LogP) is 2.46. The van der Waals surface area contributed by atoms with Gasteiger partial charge in [0.05, 0.1) is 5.56 Å². The Morgan fingerprint density at radius 1 is 1.10 bits per heavy atom. The van der Waals surface area contributed by atoms with Crippen LogP contribution in [0.1, 0.15) is 22.8 Å². The summed E-state index contributed by atoms with van der Waals surface area (Å²) >= 11 is 0. The molecule has 0 saturated heterocycles. The maximum atomic E-state index is 12.0. The molecule has 0 atom stereocenters. The number of hydrogen-bond donors (Lipinski definition) is 4. The first-order valence-corrected chi connectivity index (χ1v) is 6.73. The highest BCUT2D eigenvalue weighted by atomic mass is 16.3. The molecule has 0 unspecified atom stereocenters. The Balaban J connectivity index is 2.07. The van der Waals surface area contributed by atoms with E-state index < -0.39 is 5.91 Å². The summed E-state index contributed by atoms with van der Waals surface area (Å²) in [6.45, 7) is 3.71. The number of phenolic OH excluding ortho intramolecular Hbond substituents is 2. The van der Waals surface area contributed by atoms with Gasteiger partial charge in [-0.3, -0.25) is 4.79 Å². The maximum absolute atomic E-state index is 12.0. The summed E-state index contributed by atoms with van der Waals surface area (Å²) in [5, 5.41) is 24.9. The Kier molecular flexibility index (Phi) is 4.79. The number of rotatable bonds is 5. The molecule has 2 rings (SSSR count). The lowest BCUT2D eigenvalue weighted by Crippen LogP contribution is -2.13. The average Bonchev–Trinajstić information content (AvgIpc) is 2.49. The first-order valence-electron chi connectivity index (χ1n) is 6.73. The molecule has 0 aliphatic carbocycles. The van der Waals surface area contributed by atoms with Crippen molar-refractivity contribution in [3.8, 4) is 11.5 Å². The van der Waals surface area contributed by atoms with Crippen molar-refractivity contribution in [3.05, 3.63) is 53.6 Å². The molecule has 0 spiro atoms. The minimum absolute atomic E-state index is 0.0340. The fourth-order valence-corrected chi connectivity index (χ4v) is 1.88. The average molecular weight is 286 g/mol. The van der Waals surface area contributed by atoms with Crippen LogP contribution in [0.25, 0.3) is 0 Å². The Morgan fingerprint density at radius 2 is 1.81 bits per heavy atom. The number of carbonyl (C=O) groups is 1. The van der Waals surface area contributed by atoms with Crippen LogP contribution in [0.3, 0.4) is 0 Å². The Hall–Kier alpha value is -2.53. The van der Waals surface area contributed by atoms with Crippen LogP contribution in [-0.4, -0.2) is 22.7 Å². The quantitative estimate of drug-likeness (QED) is 0.636. The monoisotopic (exact) mass is 286 g/mol. The molecule has 5 nitrogen and oxygen atoms in total. The molecule has 5 heteroatoms. The lowest BCUT2D eigenvalue weighted by molar-refractivity contribution is 0.102. The first kappa shape index (κ1) is 14.9. The van der Waals surface area contributed by atoms with Gasteiger partial charge >= 0.3 is 0 Å². The molecule has 4 N–H and O–H groups in total. The zero-order valence-corrected chi connectivity index (χ0v) is 11.8. The SMILES string of the molecule is CCNCc1ccc(NC(=O)c2cc(O)ccc2O)cc1. The Labute approximate surface area is 123 Å². The number of carbonyl (C=O) groups excluding carboxylic acids is 1. The van der Waals surface area contributed by atoms with Crippen LogP contribution in [0.5, 0.6) is 11.5 Å². The fraction of sp³-hybridized carbons (Fsp3) is 0.188. The summed E-state index contributed by atoms with van der Waals surface area (Å²) in [6.07, 6.45) is 0. The smallest absolute Gasteiger partial charge is 0.259 e. The van der Waals surface area contributed by atoms with Crippen molar-refractivity contribution in [2.45, 2.75) is 13.5 Å². The maximum Gasteiger partial charge on any atom is 0.259 e. The van der Waals surface area contributed by atoms with Gasteiger partial charge in [0.1, 0.15) is 11.5 Å². The van der Waals surface area contributed by atoms with E-state index in [1.165, 1.54) is 18.2 Å². The zero-order valence-electron chi connectivity index (χ0n) is 11.8. The number of benzene rings is 2. The molecular formula is C16H18N2O3. The third kappa shape index (κ3) is 3.97. The molecule has 2 aromatic carbocycles. The summed E-state index contributed by atoms with van der Waals surface area (Å²) in [5.74, 6) is -0.712. The highest BCUT2D eigenvalue weighted by Gasteiger charge is 2.12. The number of aromatic hydroxyl groups is 2. The normalized spacial score (nSPS) is 10.3. The minimum atomic E-state index is -0.470. The van der Waals surface area contributed by atoms with Gasteiger partial charge in [-0.2, -0.15) is 0 Å². The molecule has 0 radical (unpaired) electrons. The van der Waals surface area contributed by atoms with Crippen molar-refractivity contribution in [2.75, 3.05) is 11.9 Å². The molecule has 0 saturated carbocycles. The molecule has 0 aliphatic rings. The van der Waals surface area contributed by atoms with Crippen LogP contribution < -0.4 is 10.6 Å². The van der Waals surface area contributed by atoms with Crippen LogP contribution in [0.15, 0.2) is 42.5 Å². The van der Waals surface area contributed by atoms with Crippen LogP contribution >= 0.6 is 0 Å². The largest absolute Gasteiger partial charge is 0.508 e. The Bertz CT molecular complexity index is 624. The van der Waals surface area contributed by atoms with Gasteiger partial charge in [-0.05, 0) is 42.4 Å². The lowest BCUT2D eigenvalue weighted by Gasteiger charge is -2.08. The summed E-state index contributed by atoms with van der Waals surface area (Å²) in [4.78, 5) is 12.0. The summed E-state index contributed by atoms with van der Waals surface area (Å²) < 4.78 is 0. The standard InChI is InChI=1S/C16H18N2O3/c1-2-17-10-11-3-5-12(6-4-11)18-16(21)14-9-13(19)7-8-15(14)20/h3-9,17,19-20H,2,10H2,1H3,(H,18,21). The third-order valence-electron chi connectivity index (χ3n) is 3.02. The fourth-order valence-electron chi connectivity index (χ4n) is 1.88. The van der Waals surface area contributed by atoms with E-state index in [-0.39, 0.29) is 17.1 Å². The number of anilines is 1. The van der Waals surface area contributed by atoms with Gasteiger partial charge in [-0.25, -0.2) is 0 Å². The number of nitrogens with one attached hydrogen (secondary N) is 2. The molecule has 21 heavy (non-hydrogen) atoms. The Morgan fingerprint density at radius 3 is 2.48 bits per heavy atom. The van der Waals surface area contributed by atoms with Crippen LogP contribution in [0, 0.1) is 0 Å². The molecule has 0 aliphatic heterocycles. The van der Waals surface area contributed by atoms with E-state index in [1.54, 1.807) is 12.1 Å². The van der Waals surface area contributed by atoms with Crippen molar-refractivity contribution in [1.82, 2.24) is 5.32 Å². The second-order valence-corrected chi connectivity index (χ2v) is 4.63. The van der Waals surface area contributed by atoms with Crippen LogP contribution in [-0.2, 0) is 6.54 Å². The van der Waals surface area contributed by atoms with Gasteiger partial charge in [0.15, 0.2) is 0 Å². The van der Waals surface area contributed by atoms with Gasteiger partial charge < -0.3 is 20.8 Å². The number of amides is 1. The summed E-state index contributed by atoms with van der Waals surface area (Å²) in [7, 11) is 0. The van der Waals surface area contributed by atoms with Crippen molar-refractivity contribution in [1.29, 1.82) is 0 Å². The van der Waals surface area contributed by atoms with Crippen LogP contribution in [0.4, 0.5) is 5.69 Å². The minimum Gasteiger partial charge on any atom is -0.508 e. The van der Waals surface area contributed by atoms with E-state index >= 15 is 0 Å². The van der Waals surface area contributed by atoms with Crippen molar-refractivity contribution < 1.29 is 15.0 Å². The highest BCUT2D eigenvalue weighted by molar-refractivity contribution is 6.06. The second-order valence-electron chi connectivity index (χ2n) is 4.63. The molecule has 1 amide bonds. The molecule has 0 heterocycles. The molecule has 0 bridgehead atoms. The molecule has 2 aromatic rings. The van der Waals surface area contributed by atoms with Gasteiger partial charge in [-0.1, -0.05) is 19.1 Å². The van der Waals surface area contributed by atoms with E-state index in [1.807, 2.05) is 19.1 Å². The van der Waals surface area contributed by atoms with E-state index in [0.717, 1.165) is 18.7 Å². The number of hydrogen-bond acceptors (Lipinski definition) is 4. The second kappa shape index (κ2) is 6.76. The van der Waals surface area contributed by atoms with Gasteiger partial charge in [0.2, 0.25) is 0 Å². The summed E-state index contributed by atoms with van der Waals surface area (Å²) in [6, 6.07) is 11.3. The first-order chi connectivity index (χ1) is 10.1. The molecular weight excluding hydrogens is 268 g/mol. The van der Waals surface area contributed by atoms with Crippen molar-refractivity contribution in [2.24, 2.45) is 0 Å².